The Balaban J connectivity index is 2.73. The van der Waals surface area contributed by atoms with Gasteiger partial charge in [-0.3, -0.25) is 0 Å². The fraction of sp³-hybridized carbons (Fsp3) is 0.429. The second-order valence-electron chi connectivity index (χ2n) is 2.39. The van der Waals surface area contributed by atoms with Crippen LogP contribution in [0.25, 0.3) is 0 Å². The van der Waals surface area contributed by atoms with Crippen LogP contribution in [0.1, 0.15) is 12.7 Å². The van der Waals surface area contributed by atoms with Gasteiger partial charge in [0, 0.05) is 6.42 Å². The van der Waals surface area contributed by atoms with E-state index in [-0.39, 0.29) is 6.10 Å². The van der Waals surface area contributed by atoms with Gasteiger partial charge in [0.15, 0.2) is 4.67 Å². The van der Waals surface area contributed by atoms with Crippen molar-refractivity contribution < 1.29 is 9.52 Å². The summed E-state index contributed by atoms with van der Waals surface area (Å²) in [6, 6.07) is 1.84. The molecule has 1 atom stereocenters. The average Bonchev–Trinajstić information content (AvgIpc) is 2.10. The molecule has 0 aliphatic rings. The van der Waals surface area contributed by atoms with E-state index in [2.05, 4.69) is 31.9 Å². The summed E-state index contributed by atoms with van der Waals surface area (Å²) in [5, 5.41) is 9.02. The van der Waals surface area contributed by atoms with Crippen molar-refractivity contribution in [2.45, 2.75) is 19.4 Å². The first-order valence-electron chi connectivity index (χ1n) is 3.21. The fourth-order valence-electron chi connectivity index (χ4n) is 0.783. The SMILES string of the molecule is CC(O)Cc1cc(Br)c(Br)o1. The molecule has 0 spiro atoms. The molecule has 0 radical (unpaired) electrons. The summed E-state index contributed by atoms with van der Waals surface area (Å²) in [5.41, 5.74) is 0. The molecule has 0 aliphatic heterocycles. The molecular weight excluding hydrogens is 276 g/mol. The molecule has 1 aromatic rings. The molecule has 1 rings (SSSR count). The molecule has 0 amide bonds. The minimum absolute atomic E-state index is 0.361. The fourth-order valence-corrected chi connectivity index (χ4v) is 1.44. The maximum atomic E-state index is 9.02. The van der Waals surface area contributed by atoms with E-state index in [1.807, 2.05) is 6.07 Å². The molecule has 2 nitrogen and oxygen atoms in total. The lowest BCUT2D eigenvalue weighted by Crippen LogP contribution is -2.02. The molecule has 62 valence electrons. The highest BCUT2D eigenvalue weighted by atomic mass is 79.9. The van der Waals surface area contributed by atoms with Crippen molar-refractivity contribution in [3.05, 3.63) is 21.0 Å². The van der Waals surface area contributed by atoms with E-state index in [0.29, 0.717) is 11.1 Å². The number of halogens is 2. The zero-order valence-electron chi connectivity index (χ0n) is 5.97. The van der Waals surface area contributed by atoms with E-state index in [1.54, 1.807) is 6.92 Å². The van der Waals surface area contributed by atoms with Crippen LogP contribution in [0, 0.1) is 0 Å². The standard InChI is InChI=1S/C7H8Br2O2/c1-4(10)2-5-3-6(8)7(9)11-5/h3-4,10H,2H2,1H3. The third-order valence-electron chi connectivity index (χ3n) is 1.19. The predicted octanol–water partition coefficient (Wildman–Crippen LogP) is 2.73. The first-order chi connectivity index (χ1) is 5.09. The Labute approximate surface area is 81.8 Å². The number of rotatable bonds is 2. The molecule has 1 heterocycles. The third-order valence-corrected chi connectivity index (χ3v) is 2.90. The van der Waals surface area contributed by atoms with Crippen LogP contribution in [0.4, 0.5) is 0 Å². The van der Waals surface area contributed by atoms with Gasteiger partial charge in [0.1, 0.15) is 5.76 Å². The molecular formula is C7H8Br2O2. The molecule has 1 unspecified atom stereocenters. The van der Waals surface area contributed by atoms with Crippen molar-refractivity contribution in [1.82, 2.24) is 0 Å². The van der Waals surface area contributed by atoms with Gasteiger partial charge in [0.05, 0.1) is 10.6 Å². The summed E-state index contributed by atoms with van der Waals surface area (Å²) >= 11 is 6.49. The minimum atomic E-state index is -0.361. The van der Waals surface area contributed by atoms with Gasteiger partial charge in [-0.25, -0.2) is 0 Å². The molecule has 11 heavy (non-hydrogen) atoms. The van der Waals surface area contributed by atoms with E-state index < -0.39 is 0 Å². The number of hydrogen-bond acceptors (Lipinski definition) is 2. The van der Waals surface area contributed by atoms with Gasteiger partial charge in [-0.2, -0.15) is 0 Å². The summed E-state index contributed by atoms with van der Waals surface area (Å²) < 4.78 is 6.79. The molecule has 0 fully saturated rings. The number of aliphatic hydroxyl groups is 1. The Morgan fingerprint density at radius 2 is 2.27 bits per heavy atom. The van der Waals surface area contributed by atoms with Gasteiger partial charge >= 0.3 is 0 Å². The van der Waals surface area contributed by atoms with Crippen LogP contribution in [0.5, 0.6) is 0 Å². The number of aliphatic hydroxyl groups excluding tert-OH is 1. The molecule has 0 aromatic carbocycles. The van der Waals surface area contributed by atoms with Crippen molar-refractivity contribution in [2.75, 3.05) is 0 Å². The van der Waals surface area contributed by atoms with Crippen molar-refractivity contribution in [3.63, 3.8) is 0 Å². The monoisotopic (exact) mass is 282 g/mol. The number of furan rings is 1. The Morgan fingerprint density at radius 1 is 1.64 bits per heavy atom. The van der Waals surface area contributed by atoms with E-state index >= 15 is 0 Å². The van der Waals surface area contributed by atoms with Gasteiger partial charge in [-0.05, 0) is 44.8 Å². The highest BCUT2D eigenvalue weighted by Crippen LogP contribution is 2.27. The second kappa shape index (κ2) is 3.74. The summed E-state index contributed by atoms with van der Waals surface area (Å²) in [6.07, 6.45) is 0.185. The summed E-state index contributed by atoms with van der Waals surface area (Å²) in [5.74, 6) is 0.777. The van der Waals surface area contributed by atoms with Gasteiger partial charge < -0.3 is 9.52 Å². The first-order valence-corrected chi connectivity index (χ1v) is 4.80. The normalized spacial score (nSPS) is 13.5. The Morgan fingerprint density at radius 3 is 2.64 bits per heavy atom. The van der Waals surface area contributed by atoms with E-state index in [0.717, 1.165) is 10.2 Å². The quantitative estimate of drug-likeness (QED) is 0.905. The van der Waals surface area contributed by atoms with Crippen LogP contribution in [0.3, 0.4) is 0 Å². The van der Waals surface area contributed by atoms with Crippen LogP contribution in [-0.4, -0.2) is 11.2 Å². The van der Waals surface area contributed by atoms with Gasteiger partial charge in [-0.1, -0.05) is 0 Å². The van der Waals surface area contributed by atoms with Crippen LogP contribution >= 0.6 is 31.9 Å². The van der Waals surface area contributed by atoms with Crippen molar-refractivity contribution >= 4 is 31.9 Å². The highest BCUT2D eigenvalue weighted by Gasteiger charge is 2.07. The van der Waals surface area contributed by atoms with E-state index in [9.17, 15) is 0 Å². The van der Waals surface area contributed by atoms with Crippen molar-refractivity contribution in [2.24, 2.45) is 0 Å². The van der Waals surface area contributed by atoms with E-state index in [1.165, 1.54) is 0 Å². The molecule has 1 aromatic heterocycles. The lowest BCUT2D eigenvalue weighted by atomic mass is 10.2. The molecule has 0 saturated carbocycles. The zero-order chi connectivity index (χ0) is 8.43. The average molecular weight is 284 g/mol. The van der Waals surface area contributed by atoms with E-state index in [4.69, 9.17) is 9.52 Å². The second-order valence-corrected chi connectivity index (χ2v) is 3.96. The Kier molecular flexibility index (Phi) is 3.16. The van der Waals surface area contributed by atoms with Crippen molar-refractivity contribution in [3.8, 4) is 0 Å². The number of hydrogen-bond donors (Lipinski definition) is 1. The Bertz CT molecular complexity index is 223. The minimum Gasteiger partial charge on any atom is -0.453 e. The summed E-state index contributed by atoms with van der Waals surface area (Å²) in [4.78, 5) is 0. The molecule has 0 bridgehead atoms. The largest absolute Gasteiger partial charge is 0.453 e. The van der Waals surface area contributed by atoms with Crippen LogP contribution in [0.15, 0.2) is 19.6 Å². The highest BCUT2D eigenvalue weighted by molar-refractivity contribution is 9.13. The van der Waals surface area contributed by atoms with Crippen LogP contribution in [0.2, 0.25) is 0 Å². The smallest absolute Gasteiger partial charge is 0.183 e. The zero-order valence-corrected chi connectivity index (χ0v) is 9.15. The maximum Gasteiger partial charge on any atom is 0.183 e. The lowest BCUT2D eigenvalue weighted by Gasteiger charge is -1.97. The third kappa shape index (κ3) is 2.61. The summed E-state index contributed by atoms with van der Waals surface area (Å²) in [7, 11) is 0. The first kappa shape index (κ1) is 9.29. The maximum absolute atomic E-state index is 9.02. The summed E-state index contributed by atoms with van der Waals surface area (Å²) in [6.45, 7) is 1.73. The van der Waals surface area contributed by atoms with Crippen molar-refractivity contribution in [1.29, 1.82) is 0 Å². The van der Waals surface area contributed by atoms with Gasteiger partial charge in [0.25, 0.3) is 0 Å². The van der Waals surface area contributed by atoms with Crippen LogP contribution in [-0.2, 0) is 6.42 Å². The molecule has 1 N–H and O–H groups in total. The molecule has 0 aliphatic carbocycles. The molecule has 4 heteroatoms. The molecule has 0 saturated heterocycles. The van der Waals surface area contributed by atoms with Gasteiger partial charge in [-0.15, -0.1) is 0 Å². The van der Waals surface area contributed by atoms with Gasteiger partial charge in [0.2, 0.25) is 0 Å². The topological polar surface area (TPSA) is 33.4 Å². The Hall–Kier alpha value is 0.200. The lowest BCUT2D eigenvalue weighted by molar-refractivity contribution is 0.187. The predicted molar refractivity (Wildman–Crippen MR) is 49.5 cm³/mol. The van der Waals surface area contributed by atoms with Crippen LogP contribution < -0.4 is 0 Å².